The van der Waals surface area contributed by atoms with E-state index in [9.17, 15) is 13.2 Å². The molecule has 0 bridgehead atoms. The first kappa shape index (κ1) is 18.6. The highest BCUT2D eigenvalue weighted by molar-refractivity contribution is 7.89. The Morgan fingerprint density at radius 3 is 2.69 bits per heavy atom. The van der Waals surface area contributed by atoms with Gasteiger partial charge in [-0.05, 0) is 26.0 Å². The molecule has 0 aromatic carbocycles. The molecule has 10 heteroatoms. The van der Waals surface area contributed by atoms with Gasteiger partial charge in [-0.25, -0.2) is 13.2 Å². The molecule has 1 N–H and O–H groups in total. The zero-order chi connectivity index (χ0) is 18.7. The molecule has 142 valence electrons. The molecular formula is C16H22N4O5S. The SMILES string of the molecule is Cc1cc(C)n(CCOC(=O)c2cc(S(=O)(=O)N3CCOCC3)c[nH]2)n1. The van der Waals surface area contributed by atoms with Crippen LogP contribution in [0.3, 0.4) is 0 Å². The van der Waals surface area contributed by atoms with Crippen LogP contribution in [0.15, 0.2) is 23.2 Å². The molecule has 0 radical (unpaired) electrons. The minimum Gasteiger partial charge on any atom is -0.459 e. The molecule has 0 atom stereocenters. The van der Waals surface area contributed by atoms with Crippen LogP contribution in [0.4, 0.5) is 0 Å². The number of carbonyl (C=O) groups is 1. The van der Waals surface area contributed by atoms with Crippen LogP contribution < -0.4 is 0 Å². The van der Waals surface area contributed by atoms with E-state index in [4.69, 9.17) is 9.47 Å². The van der Waals surface area contributed by atoms with Crippen LogP contribution in [0.2, 0.25) is 0 Å². The minimum absolute atomic E-state index is 0.0462. The van der Waals surface area contributed by atoms with Crippen molar-refractivity contribution in [1.29, 1.82) is 0 Å². The maximum atomic E-state index is 12.5. The first-order valence-electron chi connectivity index (χ1n) is 8.32. The van der Waals surface area contributed by atoms with Crippen molar-refractivity contribution >= 4 is 16.0 Å². The summed E-state index contributed by atoms with van der Waals surface area (Å²) in [5, 5.41) is 4.29. The van der Waals surface area contributed by atoms with Crippen molar-refractivity contribution in [3.8, 4) is 0 Å². The van der Waals surface area contributed by atoms with Crippen LogP contribution in [0.25, 0.3) is 0 Å². The third-order valence-electron chi connectivity index (χ3n) is 4.12. The Labute approximate surface area is 151 Å². The fourth-order valence-corrected chi connectivity index (χ4v) is 4.18. The van der Waals surface area contributed by atoms with E-state index < -0.39 is 16.0 Å². The van der Waals surface area contributed by atoms with Gasteiger partial charge in [-0.3, -0.25) is 4.68 Å². The molecule has 1 aliphatic heterocycles. The van der Waals surface area contributed by atoms with Gasteiger partial charge in [-0.2, -0.15) is 9.40 Å². The second-order valence-electron chi connectivity index (χ2n) is 6.05. The summed E-state index contributed by atoms with van der Waals surface area (Å²) >= 11 is 0. The van der Waals surface area contributed by atoms with Crippen molar-refractivity contribution in [2.45, 2.75) is 25.3 Å². The Kier molecular flexibility index (Phi) is 5.44. The molecule has 0 amide bonds. The van der Waals surface area contributed by atoms with E-state index in [0.29, 0.717) is 32.8 Å². The number of morpholine rings is 1. The third kappa shape index (κ3) is 3.97. The zero-order valence-corrected chi connectivity index (χ0v) is 15.6. The molecule has 2 aromatic rings. The molecule has 0 aliphatic carbocycles. The normalized spacial score (nSPS) is 15.9. The number of nitrogens with zero attached hydrogens (tertiary/aromatic N) is 3. The second kappa shape index (κ2) is 7.60. The minimum atomic E-state index is -3.64. The molecule has 3 heterocycles. The van der Waals surface area contributed by atoms with Gasteiger partial charge in [0.1, 0.15) is 17.2 Å². The lowest BCUT2D eigenvalue weighted by molar-refractivity contribution is 0.0480. The molecular weight excluding hydrogens is 360 g/mol. The number of aromatic nitrogens is 3. The van der Waals surface area contributed by atoms with E-state index in [2.05, 4.69) is 10.1 Å². The van der Waals surface area contributed by atoms with E-state index >= 15 is 0 Å². The highest BCUT2D eigenvalue weighted by Gasteiger charge is 2.28. The highest BCUT2D eigenvalue weighted by Crippen LogP contribution is 2.18. The highest BCUT2D eigenvalue weighted by atomic mass is 32.2. The number of carbonyl (C=O) groups excluding carboxylic acids is 1. The predicted molar refractivity (Wildman–Crippen MR) is 92.4 cm³/mol. The Bertz CT molecular complexity index is 880. The number of esters is 1. The average Bonchev–Trinajstić information content (AvgIpc) is 3.23. The van der Waals surface area contributed by atoms with E-state index in [1.807, 2.05) is 19.9 Å². The first-order valence-corrected chi connectivity index (χ1v) is 9.76. The third-order valence-corrected chi connectivity index (χ3v) is 6.00. The number of sulfonamides is 1. The fraction of sp³-hybridized carbons (Fsp3) is 0.500. The van der Waals surface area contributed by atoms with Gasteiger partial charge < -0.3 is 14.5 Å². The summed E-state index contributed by atoms with van der Waals surface area (Å²) in [6.07, 6.45) is 1.31. The number of H-pyrrole nitrogens is 1. The summed E-state index contributed by atoms with van der Waals surface area (Å²) in [6, 6.07) is 3.24. The Hall–Kier alpha value is -2.17. The number of rotatable bonds is 6. The van der Waals surface area contributed by atoms with Crippen molar-refractivity contribution in [3.63, 3.8) is 0 Å². The molecule has 9 nitrogen and oxygen atoms in total. The summed E-state index contributed by atoms with van der Waals surface area (Å²) in [5.41, 5.74) is 1.98. The molecule has 1 fully saturated rings. The van der Waals surface area contributed by atoms with Gasteiger partial charge in [-0.1, -0.05) is 0 Å². The Balaban J connectivity index is 1.60. The number of aryl methyl sites for hydroxylation is 2. The molecule has 26 heavy (non-hydrogen) atoms. The first-order chi connectivity index (χ1) is 12.4. The second-order valence-corrected chi connectivity index (χ2v) is 7.99. The van der Waals surface area contributed by atoms with Crippen molar-refractivity contribution in [2.24, 2.45) is 0 Å². The molecule has 2 aromatic heterocycles. The number of ether oxygens (including phenoxy) is 2. The lowest BCUT2D eigenvalue weighted by Crippen LogP contribution is -2.40. The van der Waals surface area contributed by atoms with Crippen molar-refractivity contribution in [1.82, 2.24) is 19.1 Å². The lowest BCUT2D eigenvalue weighted by atomic mass is 10.4. The summed E-state index contributed by atoms with van der Waals surface area (Å²) < 4.78 is 38.6. The van der Waals surface area contributed by atoms with Crippen LogP contribution >= 0.6 is 0 Å². The fourth-order valence-electron chi connectivity index (χ4n) is 2.78. The maximum absolute atomic E-state index is 12.5. The van der Waals surface area contributed by atoms with Gasteiger partial charge in [0.05, 0.1) is 25.5 Å². The van der Waals surface area contributed by atoms with Crippen LogP contribution in [0, 0.1) is 13.8 Å². The van der Waals surface area contributed by atoms with E-state index in [1.54, 1.807) is 4.68 Å². The molecule has 0 spiro atoms. The molecule has 3 rings (SSSR count). The largest absolute Gasteiger partial charge is 0.459 e. The van der Waals surface area contributed by atoms with Crippen LogP contribution in [0.1, 0.15) is 21.9 Å². The van der Waals surface area contributed by atoms with Gasteiger partial charge in [0.25, 0.3) is 0 Å². The van der Waals surface area contributed by atoms with Gasteiger partial charge in [0.2, 0.25) is 10.0 Å². The van der Waals surface area contributed by atoms with E-state index in [0.717, 1.165) is 11.4 Å². The van der Waals surface area contributed by atoms with Crippen molar-refractivity contribution < 1.29 is 22.7 Å². The maximum Gasteiger partial charge on any atom is 0.354 e. The number of nitrogens with one attached hydrogen (secondary N) is 1. The quantitative estimate of drug-likeness (QED) is 0.738. The van der Waals surface area contributed by atoms with Crippen LogP contribution in [0.5, 0.6) is 0 Å². The van der Waals surface area contributed by atoms with Crippen molar-refractivity contribution in [2.75, 3.05) is 32.9 Å². The predicted octanol–water partition coefficient (Wildman–Crippen LogP) is 0.706. The van der Waals surface area contributed by atoms with Gasteiger partial charge in [0, 0.05) is 25.0 Å². The summed E-state index contributed by atoms with van der Waals surface area (Å²) in [7, 11) is -3.64. The summed E-state index contributed by atoms with van der Waals surface area (Å²) in [6.45, 7) is 5.73. The molecule has 1 aliphatic rings. The smallest absolute Gasteiger partial charge is 0.354 e. The number of hydrogen-bond donors (Lipinski definition) is 1. The monoisotopic (exact) mass is 382 g/mol. The molecule has 0 unspecified atom stereocenters. The van der Waals surface area contributed by atoms with Gasteiger partial charge >= 0.3 is 5.97 Å². The van der Waals surface area contributed by atoms with Crippen molar-refractivity contribution in [3.05, 3.63) is 35.4 Å². The average molecular weight is 382 g/mol. The van der Waals surface area contributed by atoms with E-state index in [-0.39, 0.29) is 17.2 Å². The molecule has 0 saturated carbocycles. The molecule has 1 saturated heterocycles. The van der Waals surface area contributed by atoms with E-state index in [1.165, 1.54) is 16.6 Å². The van der Waals surface area contributed by atoms with Crippen LogP contribution in [-0.2, 0) is 26.0 Å². The van der Waals surface area contributed by atoms with Crippen LogP contribution in [-0.4, -0.2) is 66.4 Å². The summed E-state index contributed by atoms with van der Waals surface area (Å²) in [4.78, 5) is 14.9. The Morgan fingerprint density at radius 2 is 2.04 bits per heavy atom. The zero-order valence-electron chi connectivity index (χ0n) is 14.8. The topological polar surface area (TPSA) is 107 Å². The van der Waals surface area contributed by atoms with Gasteiger partial charge in [0.15, 0.2) is 0 Å². The number of hydrogen-bond acceptors (Lipinski definition) is 6. The van der Waals surface area contributed by atoms with Gasteiger partial charge in [-0.15, -0.1) is 0 Å². The summed E-state index contributed by atoms with van der Waals surface area (Å²) in [5.74, 6) is -0.602. The standard InChI is InChI=1S/C16H22N4O5S/c1-12-9-13(2)20(18-12)5-8-25-16(21)15-10-14(11-17-15)26(22,23)19-3-6-24-7-4-19/h9-11,17H,3-8H2,1-2H3. The number of aromatic amines is 1. The lowest BCUT2D eigenvalue weighted by Gasteiger charge is -2.25. The Morgan fingerprint density at radius 1 is 1.31 bits per heavy atom.